The minimum Gasteiger partial charge on any atom is -0.503 e. The van der Waals surface area contributed by atoms with Gasteiger partial charge in [-0.3, -0.25) is 9.59 Å². The zero-order valence-electron chi connectivity index (χ0n) is 20.5. The fourth-order valence-electron chi connectivity index (χ4n) is 4.20. The summed E-state index contributed by atoms with van der Waals surface area (Å²) in [5, 5.41) is 10.9. The Morgan fingerprint density at radius 3 is 2.18 bits per heavy atom. The third-order valence-corrected chi connectivity index (χ3v) is 6.07. The smallest absolute Gasteiger partial charge is 0.290 e. The SMILES string of the molecule is CCN(CC)CCN1C(=O)C(O)=C(C(=O)c2ccc(C)o2)C1c1cc(OC)c(OC)c(OC)c1. The summed E-state index contributed by atoms with van der Waals surface area (Å²) in [4.78, 5) is 30.3. The van der Waals surface area contributed by atoms with E-state index in [9.17, 15) is 14.7 Å². The number of amides is 1. The number of ether oxygens (including phenoxy) is 3. The van der Waals surface area contributed by atoms with Crippen LogP contribution in [0, 0.1) is 6.92 Å². The molecule has 9 nitrogen and oxygen atoms in total. The lowest BCUT2D eigenvalue weighted by Gasteiger charge is -2.30. The van der Waals surface area contributed by atoms with Crippen molar-refractivity contribution in [2.24, 2.45) is 0 Å². The normalized spacial score (nSPS) is 15.9. The molecule has 0 radical (unpaired) electrons. The molecule has 0 fully saturated rings. The monoisotopic (exact) mass is 472 g/mol. The van der Waals surface area contributed by atoms with Gasteiger partial charge in [-0.1, -0.05) is 13.8 Å². The van der Waals surface area contributed by atoms with Gasteiger partial charge in [0.2, 0.25) is 11.5 Å². The quantitative estimate of drug-likeness (QED) is 0.496. The van der Waals surface area contributed by atoms with Crippen molar-refractivity contribution in [3.05, 3.63) is 52.7 Å². The lowest BCUT2D eigenvalue weighted by Crippen LogP contribution is -2.38. The van der Waals surface area contributed by atoms with Gasteiger partial charge in [-0.25, -0.2) is 0 Å². The van der Waals surface area contributed by atoms with Crippen LogP contribution < -0.4 is 14.2 Å². The van der Waals surface area contributed by atoms with Gasteiger partial charge in [0, 0.05) is 13.1 Å². The largest absolute Gasteiger partial charge is 0.503 e. The van der Waals surface area contributed by atoms with Gasteiger partial charge in [0.15, 0.2) is 23.0 Å². The van der Waals surface area contributed by atoms with Crippen molar-refractivity contribution in [2.75, 3.05) is 47.5 Å². The number of rotatable bonds is 11. The van der Waals surface area contributed by atoms with E-state index in [0.29, 0.717) is 41.7 Å². The first-order chi connectivity index (χ1) is 16.3. The molecular formula is C25H32N2O7. The molecule has 0 bridgehead atoms. The van der Waals surface area contributed by atoms with Gasteiger partial charge in [0.05, 0.1) is 32.9 Å². The van der Waals surface area contributed by atoms with Gasteiger partial charge in [0.25, 0.3) is 5.91 Å². The zero-order valence-corrected chi connectivity index (χ0v) is 20.5. The average Bonchev–Trinajstić information content (AvgIpc) is 3.39. The Hall–Kier alpha value is -3.46. The van der Waals surface area contributed by atoms with Gasteiger partial charge < -0.3 is 33.5 Å². The molecule has 0 spiro atoms. The number of furan rings is 1. The number of carbonyl (C=O) groups excluding carboxylic acids is 2. The molecule has 1 N–H and O–H groups in total. The number of aliphatic hydroxyl groups is 1. The molecular weight excluding hydrogens is 440 g/mol. The first kappa shape index (κ1) is 25.2. The molecule has 0 aliphatic carbocycles. The van der Waals surface area contributed by atoms with Crippen LogP contribution in [-0.4, -0.2) is 74.1 Å². The highest BCUT2D eigenvalue weighted by Gasteiger charge is 2.45. The highest BCUT2D eigenvalue weighted by Crippen LogP contribution is 2.45. The Morgan fingerprint density at radius 2 is 1.71 bits per heavy atom. The second kappa shape index (κ2) is 10.6. The molecule has 184 valence electrons. The number of nitrogens with zero attached hydrogens (tertiary/aromatic N) is 2. The molecule has 2 aromatic rings. The van der Waals surface area contributed by atoms with Crippen molar-refractivity contribution >= 4 is 11.7 Å². The Labute approximate surface area is 199 Å². The Bertz CT molecular complexity index is 1060. The summed E-state index contributed by atoms with van der Waals surface area (Å²) in [6.07, 6.45) is 0. The number of ketones is 1. The molecule has 1 unspecified atom stereocenters. The molecule has 1 atom stereocenters. The summed E-state index contributed by atoms with van der Waals surface area (Å²) in [6, 6.07) is 5.70. The number of Topliss-reactive ketones (excluding diaryl/α,β-unsaturated/α-hetero) is 1. The highest BCUT2D eigenvalue weighted by molar-refractivity contribution is 6.15. The van der Waals surface area contributed by atoms with Gasteiger partial charge in [-0.15, -0.1) is 0 Å². The Morgan fingerprint density at radius 1 is 1.09 bits per heavy atom. The molecule has 2 heterocycles. The fourth-order valence-corrected chi connectivity index (χ4v) is 4.20. The number of methoxy groups -OCH3 is 3. The highest BCUT2D eigenvalue weighted by atomic mass is 16.5. The van der Waals surface area contributed by atoms with Crippen molar-refractivity contribution in [1.29, 1.82) is 0 Å². The van der Waals surface area contributed by atoms with Crippen LogP contribution in [-0.2, 0) is 4.79 Å². The molecule has 3 rings (SSSR count). The van der Waals surface area contributed by atoms with Crippen molar-refractivity contribution in [2.45, 2.75) is 26.8 Å². The molecule has 34 heavy (non-hydrogen) atoms. The Kier molecular flexibility index (Phi) is 7.88. The predicted molar refractivity (Wildman–Crippen MR) is 126 cm³/mol. The summed E-state index contributed by atoms with van der Waals surface area (Å²) in [5.41, 5.74) is 0.492. The summed E-state index contributed by atoms with van der Waals surface area (Å²) in [7, 11) is 4.48. The van der Waals surface area contributed by atoms with E-state index in [1.54, 1.807) is 25.1 Å². The van der Waals surface area contributed by atoms with Crippen LogP contribution >= 0.6 is 0 Å². The molecule has 1 aliphatic heterocycles. The second-order valence-electron chi connectivity index (χ2n) is 7.89. The standard InChI is InChI=1S/C25H32N2O7/c1-7-26(8-2)11-12-27-21(16-13-18(31-4)24(33-6)19(14-16)32-5)20(23(29)25(27)30)22(28)17-10-9-15(3)34-17/h9-10,13-14,21,29H,7-8,11-12H2,1-6H3. The van der Waals surface area contributed by atoms with E-state index in [2.05, 4.69) is 4.90 Å². The van der Waals surface area contributed by atoms with E-state index in [0.717, 1.165) is 13.1 Å². The second-order valence-corrected chi connectivity index (χ2v) is 7.89. The minimum atomic E-state index is -0.866. The molecule has 0 saturated carbocycles. The third-order valence-electron chi connectivity index (χ3n) is 6.07. The maximum Gasteiger partial charge on any atom is 0.290 e. The van der Waals surface area contributed by atoms with Crippen LogP contribution in [0.1, 0.15) is 41.8 Å². The number of carbonyl (C=O) groups is 2. The first-order valence-electron chi connectivity index (χ1n) is 11.2. The van der Waals surface area contributed by atoms with E-state index in [1.807, 2.05) is 13.8 Å². The third kappa shape index (κ3) is 4.61. The summed E-state index contributed by atoms with van der Waals surface area (Å²) in [5.74, 6) is -0.0150. The predicted octanol–water partition coefficient (Wildman–Crippen LogP) is 3.53. The van der Waals surface area contributed by atoms with Crippen molar-refractivity contribution in [3.63, 3.8) is 0 Å². The molecule has 1 aliphatic rings. The lowest BCUT2D eigenvalue weighted by atomic mass is 9.94. The number of benzene rings is 1. The molecule has 9 heteroatoms. The zero-order chi connectivity index (χ0) is 25.0. The van der Waals surface area contributed by atoms with Crippen LogP contribution in [0.3, 0.4) is 0 Å². The summed E-state index contributed by atoms with van der Waals surface area (Å²) >= 11 is 0. The van der Waals surface area contributed by atoms with E-state index >= 15 is 0 Å². The van der Waals surface area contributed by atoms with Crippen molar-refractivity contribution in [1.82, 2.24) is 9.80 Å². The van der Waals surface area contributed by atoms with Crippen LogP contribution in [0.4, 0.5) is 0 Å². The van der Waals surface area contributed by atoms with E-state index < -0.39 is 23.5 Å². The summed E-state index contributed by atoms with van der Waals surface area (Å²) in [6.45, 7) is 8.30. The fraction of sp³-hybridized carbons (Fsp3) is 0.440. The van der Waals surface area contributed by atoms with E-state index in [1.165, 1.54) is 32.3 Å². The first-order valence-corrected chi connectivity index (χ1v) is 11.2. The molecule has 1 amide bonds. The topological polar surface area (TPSA) is 102 Å². The summed E-state index contributed by atoms with van der Waals surface area (Å²) < 4.78 is 21.9. The van der Waals surface area contributed by atoms with Crippen LogP contribution in [0.2, 0.25) is 0 Å². The average molecular weight is 473 g/mol. The lowest BCUT2D eigenvalue weighted by molar-refractivity contribution is -0.129. The number of aryl methyl sites for hydroxylation is 1. The van der Waals surface area contributed by atoms with E-state index in [4.69, 9.17) is 18.6 Å². The molecule has 1 aromatic carbocycles. The molecule has 0 saturated heterocycles. The van der Waals surface area contributed by atoms with Crippen molar-refractivity contribution in [3.8, 4) is 17.2 Å². The van der Waals surface area contributed by atoms with E-state index in [-0.39, 0.29) is 11.3 Å². The van der Waals surface area contributed by atoms with Gasteiger partial charge in [0.1, 0.15) is 5.76 Å². The van der Waals surface area contributed by atoms with Gasteiger partial charge in [-0.05, 0) is 49.8 Å². The number of hydrogen-bond donors (Lipinski definition) is 1. The maximum absolute atomic E-state index is 13.4. The van der Waals surface area contributed by atoms with Crippen LogP contribution in [0.25, 0.3) is 0 Å². The number of likely N-dealkylation sites (N-methyl/N-ethyl adjacent to an activating group) is 1. The molecule has 1 aromatic heterocycles. The number of hydrogen-bond acceptors (Lipinski definition) is 8. The van der Waals surface area contributed by atoms with Crippen LogP contribution in [0.15, 0.2) is 40.0 Å². The maximum atomic E-state index is 13.4. The van der Waals surface area contributed by atoms with Crippen molar-refractivity contribution < 1.29 is 33.3 Å². The van der Waals surface area contributed by atoms with Crippen LogP contribution in [0.5, 0.6) is 17.2 Å². The number of aliphatic hydroxyl groups excluding tert-OH is 1. The van der Waals surface area contributed by atoms with Gasteiger partial charge >= 0.3 is 0 Å². The van der Waals surface area contributed by atoms with Gasteiger partial charge in [-0.2, -0.15) is 0 Å². The minimum absolute atomic E-state index is 0.0480. The Balaban J connectivity index is 2.15.